The van der Waals surface area contributed by atoms with Crippen LogP contribution in [-0.4, -0.2) is 42.6 Å². The van der Waals surface area contributed by atoms with Crippen molar-refractivity contribution in [3.05, 3.63) is 52.6 Å². The van der Waals surface area contributed by atoms with E-state index in [-0.39, 0.29) is 30.4 Å². The number of esters is 1. The van der Waals surface area contributed by atoms with Crippen molar-refractivity contribution >= 4 is 27.8 Å². The highest BCUT2D eigenvalue weighted by Crippen LogP contribution is 2.41. The number of carbonyl (C=O) groups excluding carboxylic acids is 2. The topological polar surface area (TPSA) is 89.6 Å². The minimum absolute atomic E-state index is 0.140. The third-order valence-corrected chi connectivity index (χ3v) is 5.90. The van der Waals surface area contributed by atoms with Crippen LogP contribution in [0.15, 0.2) is 47.1 Å². The van der Waals surface area contributed by atoms with E-state index in [0.29, 0.717) is 17.7 Å². The van der Waals surface area contributed by atoms with Gasteiger partial charge in [0.05, 0.1) is 12.0 Å². The summed E-state index contributed by atoms with van der Waals surface area (Å²) in [5, 5.41) is 6.13. The van der Waals surface area contributed by atoms with Gasteiger partial charge in [-0.2, -0.15) is 0 Å². The van der Waals surface area contributed by atoms with Crippen LogP contribution in [0.2, 0.25) is 0 Å². The molecule has 3 heterocycles. The molecule has 0 bridgehead atoms. The van der Waals surface area contributed by atoms with Crippen molar-refractivity contribution in [2.75, 3.05) is 19.6 Å². The Bertz CT molecular complexity index is 914. The summed E-state index contributed by atoms with van der Waals surface area (Å²) in [7, 11) is 0. The third-order valence-electron chi connectivity index (χ3n) is 5.40. The molecule has 2 aromatic rings. The van der Waals surface area contributed by atoms with Crippen LogP contribution in [0, 0.1) is 5.41 Å². The first-order valence-corrected chi connectivity index (χ1v) is 10.4. The fraction of sp³-hybridized carbons (Fsp3) is 0.381. The fourth-order valence-corrected chi connectivity index (χ4v) is 4.23. The Morgan fingerprint density at radius 2 is 2.14 bits per heavy atom. The van der Waals surface area contributed by atoms with E-state index < -0.39 is 5.41 Å². The van der Waals surface area contributed by atoms with Gasteiger partial charge in [0.1, 0.15) is 17.4 Å². The Morgan fingerprint density at radius 3 is 2.93 bits per heavy atom. The largest absolute Gasteiger partial charge is 0.460 e. The molecule has 1 amide bonds. The van der Waals surface area contributed by atoms with Gasteiger partial charge in [0.25, 0.3) is 5.91 Å². The van der Waals surface area contributed by atoms with Crippen LogP contribution in [0.5, 0.6) is 11.6 Å². The van der Waals surface area contributed by atoms with Gasteiger partial charge in [-0.1, -0.05) is 22.0 Å². The van der Waals surface area contributed by atoms with E-state index in [1.165, 1.54) is 0 Å². The van der Waals surface area contributed by atoms with Crippen molar-refractivity contribution in [2.24, 2.45) is 5.41 Å². The van der Waals surface area contributed by atoms with E-state index in [2.05, 4.69) is 31.5 Å². The van der Waals surface area contributed by atoms with Crippen LogP contribution in [0.25, 0.3) is 0 Å². The minimum Gasteiger partial charge on any atom is -0.460 e. The molecule has 1 aromatic heterocycles. The maximum atomic E-state index is 12.7. The number of rotatable bonds is 5. The number of ether oxygens (including phenoxy) is 2. The molecule has 0 radical (unpaired) electrons. The fourth-order valence-electron chi connectivity index (χ4n) is 3.85. The van der Waals surface area contributed by atoms with E-state index in [0.717, 1.165) is 30.4 Å². The van der Waals surface area contributed by atoms with Crippen LogP contribution in [0.1, 0.15) is 29.6 Å². The smallest absolute Gasteiger partial charge is 0.312 e. The second-order valence-electron chi connectivity index (χ2n) is 7.39. The lowest BCUT2D eigenvalue weighted by atomic mass is 9.76. The lowest BCUT2D eigenvalue weighted by molar-refractivity contribution is -0.149. The molecular weight excluding hydrogens is 438 g/mol. The van der Waals surface area contributed by atoms with Crippen molar-refractivity contribution in [3.63, 3.8) is 0 Å². The maximum Gasteiger partial charge on any atom is 0.312 e. The van der Waals surface area contributed by atoms with Gasteiger partial charge >= 0.3 is 5.97 Å². The van der Waals surface area contributed by atoms with Crippen LogP contribution in [0.3, 0.4) is 0 Å². The highest BCUT2D eigenvalue weighted by atomic mass is 79.9. The number of hydrogen-bond acceptors (Lipinski definition) is 6. The summed E-state index contributed by atoms with van der Waals surface area (Å²) in [6, 6.07) is 10.7. The van der Waals surface area contributed by atoms with Crippen LogP contribution < -0.4 is 15.4 Å². The molecule has 1 aromatic carbocycles. The van der Waals surface area contributed by atoms with Crippen molar-refractivity contribution in [2.45, 2.75) is 25.4 Å². The Labute approximate surface area is 177 Å². The van der Waals surface area contributed by atoms with E-state index in [1.807, 2.05) is 12.1 Å². The summed E-state index contributed by atoms with van der Waals surface area (Å²) in [6.45, 7) is 1.91. The van der Waals surface area contributed by atoms with Gasteiger partial charge in [0, 0.05) is 17.1 Å². The molecular formula is C21H22BrN3O4. The summed E-state index contributed by atoms with van der Waals surface area (Å²) < 4.78 is 12.2. The predicted molar refractivity (Wildman–Crippen MR) is 110 cm³/mol. The zero-order valence-electron chi connectivity index (χ0n) is 15.8. The summed E-state index contributed by atoms with van der Waals surface area (Å²) in [6.07, 6.45) is 3.47. The van der Waals surface area contributed by atoms with Gasteiger partial charge in [0.2, 0.25) is 5.88 Å². The van der Waals surface area contributed by atoms with E-state index in [1.54, 1.807) is 30.5 Å². The Kier molecular flexibility index (Phi) is 5.82. The minimum atomic E-state index is -0.399. The predicted octanol–water partition coefficient (Wildman–Crippen LogP) is 3.05. The zero-order chi connectivity index (χ0) is 20.3. The number of piperidine rings is 1. The second-order valence-corrected chi connectivity index (χ2v) is 8.30. The van der Waals surface area contributed by atoms with Gasteiger partial charge in [0.15, 0.2) is 0 Å². The van der Waals surface area contributed by atoms with Gasteiger partial charge in [-0.15, -0.1) is 0 Å². The molecule has 1 unspecified atom stereocenters. The first-order chi connectivity index (χ1) is 14.1. The first kappa shape index (κ1) is 19.8. The molecule has 29 heavy (non-hydrogen) atoms. The average molecular weight is 460 g/mol. The van der Waals surface area contributed by atoms with Crippen molar-refractivity contribution in [1.29, 1.82) is 0 Å². The summed E-state index contributed by atoms with van der Waals surface area (Å²) in [5.41, 5.74) is -0.0717. The van der Waals surface area contributed by atoms with E-state index in [4.69, 9.17) is 9.47 Å². The number of nitrogens with one attached hydrogen (secondary N) is 2. The van der Waals surface area contributed by atoms with Crippen LogP contribution >= 0.6 is 15.9 Å². The Morgan fingerprint density at radius 1 is 1.31 bits per heavy atom. The number of halogens is 1. The average Bonchev–Trinajstić information content (AvgIpc) is 3.02. The van der Waals surface area contributed by atoms with Gasteiger partial charge in [-0.05, 0) is 56.3 Å². The molecule has 7 nitrogen and oxygen atoms in total. The molecule has 152 valence electrons. The lowest BCUT2D eigenvalue weighted by Gasteiger charge is -2.29. The number of cyclic esters (lactones) is 1. The Balaban J connectivity index is 1.40. The second kappa shape index (κ2) is 8.51. The zero-order valence-corrected chi connectivity index (χ0v) is 17.4. The quantitative estimate of drug-likeness (QED) is 0.667. The van der Waals surface area contributed by atoms with E-state index >= 15 is 0 Å². The summed E-state index contributed by atoms with van der Waals surface area (Å²) >= 11 is 3.40. The number of hydrogen-bond donors (Lipinski definition) is 2. The number of aromatic nitrogens is 1. The maximum absolute atomic E-state index is 12.7. The molecule has 0 aliphatic carbocycles. The SMILES string of the molecule is O=C(NCC1CC2(CCNCC2)C(=O)O1)c1cccnc1Oc1cccc(Br)c1. The van der Waals surface area contributed by atoms with Gasteiger partial charge in [-0.25, -0.2) is 4.98 Å². The van der Waals surface area contributed by atoms with Crippen LogP contribution in [-0.2, 0) is 9.53 Å². The van der Waals surface area contributed by atoms with Crippen LogP contribution in [0.4, 0.5) is 0 Å². The molecule has 1 atom stereocenters. The molecule has 0 saturated carbocycles. The molecule has 4 rings (SSSR count). The first-order valence-electron chi connectivity index (χ1n) is 9.64. The van der Waals surface area contributed by atoms with Crippen molar-refractivity contribution in [3.8, 4) is 11.6 Å². The molecule has 2 fully saturated rings. The molecule has 2 aliphatic rings. The molecule has 8 heteroatoms. The number of benzene rings is 1. The van der Waals surface area contributed by atoms with Gasteiger partial charge in [-0.3, -0.25) is 9.59 Å². The highest BCUT2D eigenvalue weighted by molar-refractivity contribution is 9.10. The highest BCUT2D eigenvalue weighted by Gasteiger charge is 2.49. The number of nitrogens with zero attached hydrogens (tertiary/aromatic N) is 1. The molecule has 2 N–H and O–H groups in total. The number of pyridine rings is 1. The van der Waals surface area contributed by atoms with Crippen molar-refractivity contribution < 1.29 is 19.1 Å². The normalized spacial score (nSPS) is 20.3. The molecule has 1 spiro atoms. The molecule has 2 aliphatic heterocycles. The number of amides is 1. The standard InChI is InChI=1S/C21H22BrN3O4/c22-14-3-1-4-15(11-14)28-19-17(5-2-8-24-19)18(26)25-13-16-12-21(20(27)29-16)6-9-23-10-7-21/h1-5,8,11,16,23H,6-7,9-10,12-13H2,(H,25,26). The van der Waals surface area contributed by atoms with Gasteiger partial charge < -0.3 is 20.1 Å². The monoisotopic (exact) mass is 459 g/mol. The van der Waals surface area contributed by atoms with E-state index in [9.17, 15) is 9.59 Å². The summed E-state index contributed by atoms with van der Waals surface area (Å²) in [5.74, 6) is 0.342. The summed E-state index contributed by atoms with van der Waals surface area (Å²) in [4.78, 5) is 29.3. The Hall–Kier alpha value is -2.45. The van der Waals surface area contributed by atoms with Crippen molar-refractivity contribution in [1.82, 2.24) is 15.6 Å². The number of carbonyl (C=O) groups is 2. The third kappa shape index (κ3) is 4.43. The molecule has 2 saturated heterocycles. The lowest BCUT2D eigenvalue weighted by Crippen LogP contribution is -2.39.